The Morgan fingerprint density at radius 2 is 2.00 bits per heavy atom. The molecule has 0 aromatic rings. The molecule has 0 N–H and O–H groups in total. The van der Waals surface area contributed by atoms with E-state index in [0.717, 1.165) is 6.42 Å². The molecule has 0 aliphatic rings. The Labute approximate surface area is 80.4 Å². The topological polar surface area (TPSA) is 35.5 Å². The second-order valence-electron chi connectivity index (χ2n) is 3.42. The zero-order valence-corrected chi connectivity index (χ0v) is 9.00. The lowest BCUT2D eigenvalue weighted by Gasteiger charge is -2.15. The van der Waals surface area contributed by atoms with Gasteiger partial charge in [0.2, 0.25) is 0 Å². The molecule has 0 radical (unpaired) electrons. The maximum absolute atomic E-state index is 10.8. The normalized spacial score (nSPS) is 15.1. The first-order valence-electron chi connectivity index (χ1n) is 4.78. The summed E-state index contributed by atoms with van der Waals surface area (Å²) in [7, 11) is 1.69. The highest BCUT2D eigenvalue weighted by Gasteiger charge is 2.09. The molecule has 3 heteroatoms. The molecule has 3 nitrogen and oxygen atoms in total. The SMILES string of the molecule is CCC(=O)OCC(C)CC(C)OC. The molecular formula is C10H20O3. The average Bonchev–Trinajstić information content (AvgIpc) is 2.13. The van der Waals surface area contributed by atoms with Crippen molar-refractivity contribution in [2.24, 2.45) is 5.92 Å². The summed E-state index contributed by atoms with van der Waals surface area (Å²) in [4.78, 5) is 10.8. The summed E-state index contributed by atoms with van der Waals surface area (Å²) >= 11 is 0. The quantitative estimate of drug-likeness (QED) is 0.598. The smallest absolute Gasteiger partial charge is 0.305 e. The minimum Gasteiger partial charge on any atom is -0.465 e. The number of rotatable bonds is 6. The van der Waals surface area contributed by atoms with E-state index in [1.54, 1.807) is 14.0 Å². The fourth-order valence-corrected chi connectivity index (χ4v) is 1.07. The summed E-state index contributed by atoms with van der Waals surface area (Å²) in [6.45, 7) is 6.36. The van der Waals surface area contributed by atoms with E-state index in [1.165, 1.54) is 0 Å². The van der Waals surface area contributed by atoms with Crippen molar-refractivity contribution >= 4 is 5.97 Å². The van der Waals surface area contributed by atoms with Crippen LogP contribution in [0.5, 0.6) is 0 Å². The van der Waals surface area contributed by atoms with Crippen molar-refractivity contribution in [2.75, 3.05) is 13.7 Å². The molecule has 78 valence electrons. The Morgan fingerprint density at radius 1 is 1.38 bits per heavy atom. The van der Waals surface area contributed by atoms with E-state index >= 15 is 0 Å². The molecule has 0 rings (SSSR count). The molecule has 2 atom stereocenters. The lowest BCUT2D eigenvalue weighted by Crippen LogP contribution is -2.16. The van der Waals surface area contributed by atoms with E-state index in [2.05, 4.69) is 6.92 Å². The molecule has 0 aliphatic heterocycles. The Balaban J connectivity index is 3.50. The van der Waals surface area contributed by atoms with Gasteiger partial charge in [0.15, 0.2) is 0 Å². The lowest BCUT2D eigenvalue weighted by atomic mass is 10.1. The zero-order chi connectivity index (χ0) is 10.3. The van der Waals surface area contributed by atoms with Gasteiger partial charge in [-0.3, -0.25) is 4.79 Å². The average molecular weight is 188 g/mol. The molecule has 13 heavy (non-hydrogen) atoms. The van der Waals surface area contributed by atoms with Gasteiger partial charge < -0.3 is 9.47 Å². The number of esters is 1. The second-order valence-corrected chi connectivity index (χ2v) is 3.42. The van der Waals surface area contributed by atoms with Crippen LogP contribution in [0.15, 0.2) is 0 Å². The highest BCUT2D eigenvalue weighted by molar-refractivity contribution is 5.68. The van der Waals surface area contributed by atoms with Crippen LogP contribution in [-0.2, 0) is 14.3 Å². The van der Waals surface area contributed by atoms with Gasteiger partial charge in [0.1, 0.15) is 0 Å². The fourth-order valence-electron chi connectivity index (χ4n) is 1.07. The number of hydrogen-bond acceptors (Lipinski definition) is 3. The zero-order valence-electron chi connectivity index (χ0n) is 9.00. The van der Waals surface area contributed by atoms with Crippen molar-refractivity contribution < 1.29 is 14.3 Å². The van der Waals surface area contributed by atoms with Gasteiger partial charge in [0, 0.05) is 13.5 Å². The molecule has 0 aliphatic carbocycles. The summed E-state index contributed by atoms with van der Waals surface area (Å²) in [5.41, 5.74) is 0. The molecule has 0 saturated heterocycles. The molecule has 0 aromatic heterocycles. The van der Waals surface area contributed by atoms with Crippen LogP contribution in [0, 0.1) is 5.92 Å². The van der Waals surface area contributed by atoms with Gasteiger partial charge in [0.05, 0.1) is 12.7 Å². The van der Waals surface area contributed by atoms with Gasteiger partial charge >= 0.3 is 5.97 Å². The molecule has 0 bridgehead atoms. The first kappa shape index (κ1) is 12.4. The number of carbonyl (C=O) groups is 1. The number of ether oxygens (including phenoxy) is 2. The Morgan fingerprint density at radius 3 is 2.46 bits per heavy atom. The largest absolute Gasteiger partial charge is 0.465 e. The second kappa shape index (κ2) is 6.89. The van der Waals surface area contributed by atoms with Crippen LogP contribution in [0.3, 0.4) is 0 Å². The minimum absolute atomic E-state index is 0.128. The maximum atomic E-state index is 10.8. The molecule has 0 amide bonds. The van der Waals surface area contributed by atoms with Crippen molar-refractivity contribution in [1.29, 1.82) is 0 Å². The predicted octanol–water partition coefficient (Wildman–Crippen LogP) is 2.00. The number of methoxy groups -OCH3 is 1. The lowest BCUT2D eigenvalue weighted by molar-refractivity contribution is -0.144. The predicted molar refractivity (Wildman–Crippen MR) is 51.5 cm³/mol. The third-order valence-electron chi connectivity index (χ3n) is 1.95. The Kier molecular flexibility index (Phi) is 6.59. The van der Waals surface area contributed by atoms with Crippen LogP contribution in [0.2, 0.25) is 0 Å². The minimum atomic E-state index is -0.128. The van der Waals surface area contributed by atoms with Crippen LogP contribution in [-0.4, -0.2) is 25.8 Å². The van der Waals surface area contributed by atoms with E-state index < -0.39 is 0 Å². The van der Waals surface area contributed by atoms with Gasteiger partial charge in [0.25, 0.3) is 0 Å². The molecule has 0 saturated carbocycles. The first-order chi connectivity index (χ1) is 6.10. The Hall–Kier alpha value is -0.570. The van der Waals surface area contributed by atoms with Crippen LogP contribution in [0.25, 0.3) is 0 Å². The van der Waals surface area contributed by atoms with Crippen molar-refractivity contribution in [3.8, 4) is 0 Å². The fraction of sp³-hybridized carbons (Fsp3) is 0.900. The first-order valence-corrected chi connectivity index (χ1v) is 4.78. The van der Waals surface area contributed by atoms with Crippen LogP contribution < -0.4 is 0 Å². The van der Waals surface area contributed by atoms with Crippen molar-refractivity contribution in [1.82, 2.24) is 0 Å². The van der Waals surface area contributed by atoms with E-state index in [4.69, 9.17) is 9.47 Å². The Bertz CT molecular complexity index is 145. The van der Waals surface area contributed by atoms with Crippen LogP contribution in [0.4, 0.5) is 0 Å². The van der Waals surface area contributed by atoms with Crippen molar-refractivity contribution in [3.05, 3.63) is 0 Å². The third-order valence-corrected chi connectivity index (χ3v) is 1.95. The molecule has 0 heterocycles. The van der Waals surface area contributed by atoms with Gasteiger partial charge in [-0.05, 0) is 19.3 Å². The van der Waals surface area contributed by atoms with Crippen LogP contribution in [0.1, 0.15) is 33.6 Å². The summed E-state index contributed by atoms with van der Waals surface area (Å²) in [5, 5.41) is 0. The van der Waals surface area contributed by atoms with Crippen LogP contribution >= 0.6 is 0 Å². The van der Waals surface area contributed by atoms with Gasteiger partial charge in [-0.2, -0.15) is 0 Å². The van der Waals surface area contributed by atoms with Crippen molar-refractivity contribution in [3.63, 3.8) is 0 Å². The summed E-state index contributed by atoms with van der Waals surface area (Å²) in [5.74, 6) is 0.238. The number of hydrogen-bond donors (Lipinski definition) is 0. The summed E-state index contributed by atoms with van der Waals surface area (Å²) in [6.07, 6.45) is 1.61. The highest BCUT2D eigenvalue weighted by atomic mass is 16.5. The monoisotopic (exact) mass is 188 g/mol. The molecule has 0 spiro atoms. The highest BCUT2D eigenvalue weighted by Crippen LogP contribution is 2.08. The van der Waals surface area contributed by atoms with Gasteiger partial charge in [-0.25, -0.2) is 0 Å². The van der Waals surface area contributed by atoms with Crippen molar-refractivity contribution in [2.45, 2.75) is 39.7 Å². The molecule has 0 fully saturated rings. The summed E-state index contributed by atoms with van der Waals surface area (Å²) in [6, 6.07) is 0. The van der Waals surface area contributed by atoms with E-state index in [1.807, 2.05) is 6.92 Å². The maximum Gasteiger partial charge on any atom is 0.305 e. The third kappa shape index (κ3) is 6.58. The molecule has 2 unspecified atom stereocenters. The molecular weight excluding hydrogens is 168 g/mol. The van der Waals surface area contributed by atoms with E-state index in [0.29, 0.717) is 18.9 Å². The standard InChI is InChI=1S/C10H20O3/c1-5-10(11)13-7-8(2)6-9(3)12-4/h8-9H,5-7H2,1-4H3. The van der Waals surface area contributed by atoms with Gasteiger partial charge in [-0.1, -0.05) is 13.8 Å². The van der Waals surface area contributed by atoms with E-state index in [9.17, 15) is 4.79 Å². The van der Waals surface area contributed by atoms with Gasteiger partial charge in [-0.15, -0.1) is 0 Å². The molecule has 0 aromatic carbocycles. The number of carbonyl (C=O) groups excluding carboxylic acids is 1. The summed E-state index contributed by atoms with van der Waals surface area (Å²) < 4.78 is 10.1. The van der Waals surface area contributed by atoms with E-state index in [-0.39, 0.29) is 12.1 Å².